The third-order valence-corrected chi connectivity index (χ3v) is 28.5. The van der Waals surface area contributed by atoms with Crippen molar-refractivity contribution >= 4 is 18.3 Å². The first-order valence-corrected chi connectivity index (χ1v) is 56.6. The van der Waals surface area contributed by atoms with Crippen LogP contribution in [-0.4, -0.2) is 156 Å². The van der Waals surface area contributed by atoms with Crippen LogP contribution in [-0.2, 0) is 53.0 Å². The van der Waals surface area contributed by atoms with Gasteiger partial charge in [0.1, 0.15) is 19.8 Å². The Kier molecular flexibility index (Phi) is 67.9. The van der Waals surface area contributed by atoms with Crippen LogP contribution < -0.4 is 0 Å². The molecule has 3 aromatic carbocycles. The molecule has 3 amide bonds. The molecule has 3 aromatic rings. The van der Waals surface area contributed by atoms with Gasteiger partial charge in [-0.1, -0.05) is 382 Å². The van der Waals surface area contributed by atoms with E-state index in [1.807, 2.05) is 95.9 Å². The molecule has 9 rings (SSSR count). The van der Waals surface area contributed by atoms with Crippen molar-refractivity contribution in [1.29, 1.82) is 0 Å². The van der Waals surface area contributed by atoms with Gasteiger partial charge in [-0.3, -0.25) is 0 Å². The first-order valence-electron chi connectivity index (χ1n) is 56.6. The minimum Gasteiger partial charge on any atom is -0.445 e. The number of aliphatic hydroxyl groups is 2. The molecule has 0 aromatic heterocycles. The third kappa shape index (κ3) is 57.2. The number of likely N-dealkylation sites (tertiary alicyclic amines) is 4. The van der Waals surface area contributed by atoms with Crippen molar-refractivity contribution < 1.29 is 57.8 Å². The van der Waals surface area contributed by atoms with Crippen molar-refractivity contribution in [3.05, 3.63) is 217 Å². The number of aliphatic hydroxyl groups excluding tert-OH is 1. The Bertz CT molecular complexity index is 3670. The number of unbranched alkanes of at least 4 members (excludes halogenated alkanes) is 36. The van der Waals surface area contributed by atoms with E-state index in [9.17, 15) is 19.5 Å². The average molecular weight is 1920 g/mol. The molecule has 0 saturated carbocycles. The molecule has 0 bridgehead atoms. The van der Waals surface area contributed by atoms with Gasteiger partial charge in [0.05, 0.1) is 36.6 Å². The molecule has 2 N–H and O–H groups in total. The van der Waals surface area contributed by atoms with Crippen LogP contribution >= 0.6 is 0 Å². The topological polar surface area (TPSA) is 169 Å². The molecule has 2 spiro atoms. The van der Waals surface area contributed by atoms with Crippen molar-refractivity contribution in [3.63, 3.8) is 0 Å². The molecule has 16 nitrogen and oxygen atoms in total. The Hall–Kier alpha value is -7.15. The van der Waals surface area contributed by atoms with Gasteiger partial charge >= 0.3 is 18.3 Å². The third-order valence-electron chi connectivity index (χ3n) is 28.5. The van der Waals surface area contributed by atoms with Crippen LogP contribution in [0.3, 0.4) is 0 Å². The summed E-state index contributed by atoms with van der Waals surface area (Å²) in [5, 5.41) is 18.9. The number of piperidine rings is 4. The highest BCUT2D eigenvalue weighted by Gasteiger charge is 2.53. The van der Waals surface area contributed by atoms with E-state index in [4.69, 9.17) is 38.3 Å². The van der Waals surface area contributed by atoms with Gasteiger partial charge in [-0.05, 0) is 229 Å². The predicted octanol–water partition coefficient (Wildman–Crippen LogP) is 33.0. The van der Waals surface area contributed by atoms with E-state index in [0.717, 1.165) is 152 Å². The Morgan fingerprint density at radius 1 is 0.324 bits per heavy atom. The fourth-order valence-electron chi connectivity index (χ4n) is 19.0. The van der Waals surface area contributed by atoms with E-state index in [1.54, 1.807) is 9.80 Å². The van der Waals surface area contributed by atoms with Crippen LogP contribution in [0.25, 0.3) is 0 Å². The summed E-state index contributed by atoms with van der Waals surface area (Å²) >= 11 is 0. The second-order valence-corrected chi connectivity index (χ2v) is 40.8. The van der Waals surface area contributed by atoms with E-state index in [0.29, 0.717) is 58.8 Å². The van der Waals surface area contributed by atoms with E-state index < -0.39 is 11.4 Å². The summed E-state index contributed by atoms with van der Waals surface area (Å²) in [5.41, 5.74) is 2.84. The minimum atomic E-state index is -1.05. The van der Waals surface area contributed by atoms with Gasteiger partial charge in [-0.2, -0.15) is 0 Å². The summed E-state index contributed by atoms with van der Waals surface area (Å²) in [6.07, 6.45) is 109. The maximum Gasteiger partial charge on any atom is 0.410 e. The van der Waals surface area contributed by atoms with E-state index in [-0.39, 0.29) is 48.5 Å². The van der Waals surface area contributed by atoms with E-state index in [1.165, 1.54) is 275 Å². The Morgan fingerprint density at radius 2 is 0.561 bits per heavy atom. The van der Waals surface area contributed by atoms with Gasteiger partial charge in [0, 0.05) is 78.0 Å². The summed E-state index contributed by atoms with van der Waals surface area (Å²) in [5.74, 6) is -0.791. The van der Waals surface area contributed by atoms with Crippen LogP contribution in [0.2, 0.25) is 0 Å². The van der Waals surface area contributed by atoms with Gasteiger partial charge in [-0.25, -0.2) is 14.4 Å². The molecule has 6 fully saturated rings. The molecular formula is C123H198N4O12. The summed E-state index contributed by atoms with van der Waals surface area (Å²) in [7, 11) is 2.24. The first-order chi connectivity index (χ1) is 68.1. The maximum absolute atomic E-state index is 12.9. The number of hydrogen-bond acceptors (Lipinski definition) is 13. The highest BCUT2D eigenvalue weighted by atomic mass is 16.8. The molecule has 0 radical (unpaired) electrons. The van der Waals surface area contributed by atoms with Crippen molar-refractivity contribution in [2.45, 2.75) is 461 Å². The Morgan fingerprint density at radius 3 is 0.827 bits per heavy atom. The molecule has 6 heterocycles. The van der Waals surface area contributed by atoms with Gasteiger partial charge < -0.3 is 63.0 Å². The number of benzene rings is 3. The lowest BCUT2D eigenvalue weighted by molar-refractivity contribution is -0.204. The quantitative estimate of drug-likeness (QED) is 0.0311. The molecule has 6 saturated heterocycles. The molecule has 0 unspecified atom stereocenters. The molecule has 16 heteroatoms. The van der Waals surface area contributed by atoms with Crippen LogP contribution in [0, 0.1) is 0 Å². The SMILES string of the molecule is C=C1CCN(C(=O)OCc2ccccc2)CC1.CCCCC/C=C\C/C=C\CCCCCCCCC1(CCCCCCCC/C=C\C/C=C\CCCCC)OCC2(CCN(C(=O)OCc3ccccc3)CC2)O1.CCCCC/C=C\C/C=C\CCCCCCCCC1(CCCCCCCC/C=C\C/C=C\CCCCC)OCC2(CCN(C)CC2)O1.O=C(OCc1ccccc1)N1CCC(O)(CO)CC1. The summed E-state index contributed by atoms with van der Waals surface area (Å²) in [4.78, 5) is 44.1. The normalized spacial score (nSPS) is 17.4. The molecule has 6 aliphatic heterocycles. The number of carbonyl (C=O) groups excluding carboxylic acids is 3. The summed E-state index contributed by atoms with van der Waals surface area (Å²) in [6.45, 7) is 20.9. The van der Waals surface area contributed by atoms with Gasteiger partial charge in [0.2, 0.25) is 0 Å². The van der Waals surface area contributed by atoms with Gasteiger partial charge in [-0.15, -0.1) is 0 Å². The Labute approximate surface area is 848 Å². The number of ether oxygens (including phenoxy) is 7. The standard InChI is InChI=1S/C51H83NO4.C44H79NO2.C14H19NO4.C14H17NO2/c1-3-5-7-9-11-13-15-17-19-21-23-25-27-29-31-36-40-51(41-37-32-30-28-26-24-22-20-18-16-14-12-10-8-6-4-2)55-47-50(56-51)42-44-52(45-43-50)49(53)54-46-48-38-34-33-35-39-48;1-4-6-8-10-12-14-16-18-20-22-24-26-28-30-32-34-36-44(46-42-43(47-44)38-40-45(3)41-39-43)37-35-33-31-29-27-25-23-21-19-17-15-13-11-9-7-5-2;16-11-14(18)6-8-15(9-7-14)13(17)19-10-12-4-2-1-3-5-12;1-12-7-9-15(10-8-12)14(16)17-11-13-5-3-2-4-6-13/h11-14,17-20,33-35,38-39H,3-10,15-16,21-32,36-37,40-47H2,1-2H3;12-15,18-21H,4-11,16-17,22-42H2,1-3H3;1-5,16,18H,6-11H2;2-6H,1,7-11H2/b13-11-,14-12-,19-17-,20-18-;14-12-,15-13-,20-18-,21-19-;;. The van der Waals surface area contributed by atoms with Crippen LogP contribution in [0.15, 0.2) is 200 Å². The van der Waals surface area contributed by atoms with Crippen LogP contribution in [0.1, 0.15) is 430 Å². The number of nitrogens with zero attached hydrogens (tertiary/aromatic N) is 4. The smallest absolute Gasteiger partial charge is 0.410 e. The second-order valence-electron chi connectivity index (χ2n) is 40.8. The second kappa shape index (κ2) is 78.3. The zero-order valence-electron chi connectivity index (χ0n) is 88.7. The van der Waals surface area contributed by atoms with Crippen molar-refractivity contribution in [3.8, 4) is 0 Å². The molecule has 782 valence electrons. The molecular weight excluding hydrogens is 1730 g/mol. The average Bonchev–Trinajstić information content (AvgIpc) is 1.63. The lowest BCUT2D eigenvalue weighted by atomic mass is 9.92. The number of allylic oxidation sites excluding steroid dienone is 16. The van der Waals surface area contributed by atoms with Crippen molar-refractivity contribution in [2.75, 3.05) is 79.2 Å². The van der Waals surface area contributed by atoms with E-state index in [2.05, 4.69) is 143 Å². The van der Waals surface area contributed by atoms with Crippen LogP contribution in [0.5, 0.6) is 0 Å². The zero-order chi connectivity index (χ0) is 99.0. The van der Waals surface area contributed by atoms with Crippen molar-refractivity contribution in [2.24, 2.45) is 0 Å². The highest BCUT2D eigenvalue weighted by Crippen LogP contribution is 2.46. The van der Waals surface area contributed by atoms with Crippen molar-refractivity contribution in [1.82, 2.24) is 19.6 Å². The monoisotopic (exact) mass is 1920 g/mol. The summed E-state index contributed by atoms with van der Waals surface area (Å²) < 4.78 is 43.5. The number of hydrogen-bond donors (Lipinski definition) is 2. The maximum atomic E-state index is 12.9. The lowest BCUT2D eigenvalue weighted by Crippen LogP contribution is -2.49. The largest absolute Gasteiger partial charge is 0.445 e. The fourth-order valence-corrected chi connectivity index (χ4v) is 19.0. The Balaban J connectivity index is 0.000000316. The number of rotatable bonds is 67. The summed E-state index contributed by atoms with van der Waals surface area (Å²) in [6, 6.07) is 29.1. The zero-order valence-corrected chi connectivity index (χ0v) is 88.7. The number of carbonyl (C=O) groups is 3. The van der Waals surface area contributed by atoms with Gasteiger partial charge in [0.15, 0.2) is 11.6 Å². The molecule has 0 atom stereocenters. The number of amides is 3. The first kappa shape index (κ1) is 121. The predicted molar refractivity (Wildman–Crippen MR) is 581 cm³/mol. The molecule has 139 heavy (non-hydrogen) atoms. The molecule has 6 aliphatic rings. The molecule has 0 aliphatic carbocycles. The van der Waals surface area contributed by atoms with Crippen LogP contribution in [0.4, 0.5) is 14.4 Å². The van der Waals surface area contributed by atoms with E-state index >= 15 is 0 Å². The lowest BCUT2D eigenvalue weighted by Gasteiger charge is -2.39. The minimum absolute atomic E-state index is 0.0246. The fraction of sp³-hybridized carbons (Fsp3) is 0.683. The highest BCUT2D eigenvalue weighted by molar-refractivity contribution is 5.69. The van der Waals surface area contributed by atoms with Gasteiger partial charge in [0.25, 0.3) is 0 Å².